The lowest BCUT2D eigenvalue weighted by Crippen LogP contribution is -2.51. The summed E-state index contributed by atoms with van der Waals surface area (Å²) < 4.78 is 6.25. The normalized spacial score (nSPS) is 21.9. The molecule has 0 bridgehead atoms. The number of fused-ring (bicyclic) bond motifs is 2. The van der Waals surface area contributed by atoms with E-state index in [0.717, 1.165) is 79.1 Å². The molecule has 2 aromatic carbocycles. The predicted molar refractivity (Wildman–Crippen MR) is 148 cm³/mol. The number of likely N-dealkylation sites (tertiary alicyclic amines) is 1. The monoisotopic (exact) mass is 513 g/mol. The summed E-state index contributed by atoms with van der Waals surface area (Å²) >= 11 is 0. The molecular formula is C29H35N7O2. The first-order valence-corrected chi connectivity index (χ1v) is 13.6. The second-order valence-corrected chi connectivity index (χ2v) is 10.7. The fourth-order valence-corrected chi connectivity index (χ4v) is 6.08. The van der Waals surface area contributed by atoms with Crippen molar-refractivity contribution in [3.05, 3.63) is 47.7 Å². The van der Waals surface area contributed by atoms with Gasteiger partial charge in [0.25, 0.3) is 0 Å². The molecule has 9 heteroatoms. The molecule has 3 aliphatic heterocycles. The first-order chi connectivity index (χ1) is 18.6. The maximum atomic E-state index is 10.4. The number of hydrogen-bond donors (Lipinski definition) is 2. The summed E-state index contributed by atoms with van der Waals surface area (Å²) in [4.78, 5) is 16.8. The van der Waals surface area contributed by atoms with Gasteiger partial charge in [-0.25, -0.2) is 0 Å². The quantitative estimate of drug-likeness (QED) is 0.515. The van der Waals surface area contributed by atoms with E-state index in [1.165, 1.54) is 6.42 Å². The molecule has 3 aromatic rings. The van der Waals surface area contributed by atoms with E-state index in [1.807, 2.05) is 30.3 Å². The second kappa shape index (κ2) is 10.6. The number of piperazine rings is 1. The zero-order chi connectivity index (χ0) is 26.1. The molecule has 198 valence electrons. The Morgan fingerprint density at radius 3 is 2.89 bits per heavy atom. The number of phenolic OH excluding ortho intramolecular Hbond substituents is 1. The summed E-state index contributed by atoms with van der Waals surface area (Å²) in [5.74, 6) is 1.21. The number of hydrogen-bond acceptors (Lipinski definition) is 9. The van der Waals surface area contributed by atoms with Crippen molar-refractivity contribution in [3.8, 4) is 17.8 Å². The largest absolute Gasteiger partial charge is 0.508 e. The Morgan fingerprint density at radius 2 is 2.05 bits per heavy atom. The molecule has 0 amide bonds. The van der Waals surface area contributed by atoms with Crippen LogP contribution in [0.5, 0.6) is 11.8 Å². The van der Waals surface area contributed by atoms with Gasteiger partial charge in [0, 0.05) is 61.0 Å². The van der Waals surface area contributed by atoms with Crippen LogP contribution in [0.2, 0.25) is 0 Å². The molecule has 2 N–H and O–H groups in total. The number of phenols is 1. The fraction of sp³-hybridized carbons (Fsp3) is 0.483. The number of nitrogens with one attached hydrogen (secondary N) is 1. The summed E-state index contributed by atoms with van der Waals surface area (Å²) in [7, 11) is 2.15. The third-order valence-electron chi connectivity index (χ3n) is 8.16. The topological polar surface area (TPSA) is 101 Å². The molecule has 0 saturated carbocycles. The van der Waals surface area contributed by atoms with Gasteiger partial charge in [-0.05, 0) is 44.3 Å². The number of benzene rings is 2. The third kappa shape index (κ3) is 4.94. The summed E-state index contributed by atoms with van der Waals surface area (Å²) in [5, 5.41) is 25.3. The standard InChI is InChI=1S/C29H35N7O2/c1-34-12-4-6-22(34)19-38-29-32-26-18-35(27-16-23(37)15-20-5-2-3-7-24(20)27)13-9-25(26)28(33-29)36-14-11-31-21(17-36)8-10-30/h2-3,5,7,15-16,21-22,31,37H,4,6,8-9,11-14,17-19H2,1H3/t21-,22-/m0/s1. The van der Waals surface area contributed by atoms with Gasteiger partial charge in [0.2, 0.25) is 0 Å². The van der Waals surface area contributed by atoms with Gasteiger partial charge in [-0.2, -0.15) is 15.2 Å². The van der Waals surface area contributed by atoms with Crippen LogP contribution in [0.1, 0.15) is 30.5 Å². The smallest absolute Gasteiger partial charge is 0.318 e. The highest BCUT2D eigenvalue weighted by atomic mass is 16.5. The Balaban J connectivity index is 1.33. The van der Waals surface area contributed by atoms with Crippen LogP contribution in [0, 0.1) is 11.3 Å². The van der Waals surface area contributed by atoms with Crippen LogP contribution in [0.4, 0.5) is 11.5 Å². The Labute approximate surface area is 223 Å². The number of anilines is 2. The number of aromatic nitrogens is 2. The summed E-state index contributed by atoms with van der Waals surface area (Å²) in [5.41, 5.74) is 3.14. The molecule has 38 heavy (non-hydrogen) atoms. The molecule has 0 spiro atoms. The first kappa shape index (κ1) is 24.7. The maximum Gasteiger partial charge on any atom is 0.318 e. The molecule has 2 fully saturated rings. The predicted octanol–water partition coefficient (Wildman–Crippen LogP) is 3.06. The minimum atomic E-state index is 0.120. The number of rotatable bonds is 6. The van der Waals surface area contributed by atoms with E-state index in [4.69, 9.17) is 14.7 Å². The fourth-order valence-electron chi connectivity index (χ4n) is 6.08. The van der Waals surface area contributed by atoms with Gasteiger partial charge in [-0.3, -0.25) is 0 Å². The van der Waals surface area contributed by atoms with E-state index in [0.29, 0.717) is 31.6 Å². The average Bonchev–Trinajstić information content (AvgIpc) is 3.35. The number of ether oxygens (including phenoxy) is 1. The van der Waals surface area contributed by atoms with Crippen molar-refractivity contribution in [2.24, 2.45) is 0 Å². The van der Waals surface area contributed by atoms with Gasteiger partial charge in [-0.1, -0.05) is 24.3 Å². The highest BCUT2D eigenvalue weighted by Gasteiger charge is 2.30. The van der Waals surface area contributed by atoms with Crippen LogP contribution in [0.15, 0.2) is 36.4 Å². The molecule has 2 atom stereocenters. The van der Waals surface area contributed by atoms with Crippen LogP contribution in [-0.4, -0.2) is 78.4 Å². The molecule has 9 nitrogen and oxygen atoms in total. The zero-order valence-electron chi connectivity index (χ0n) is 21.9. The van der Waals surface area contributed by atoms with Crippen molar-refractivity contribution in [2.75, 3.05) is 56.2 Å². The van der Waals surface area contributed by atoms with Crippen molar-refractivity contribution in [1.82, 2.24) is 20.2 Å². The SMILES string of the molecule is CN1CCC[C@H]1COc1nc2c(c(N3CCN[C@@H](CC#N)C3)n1)CCN(c1cc(O)cc3ccccc13)C2. The lowest BCUT2D eigenvalue weighted by atomic mass is 10.0. The van der Waals surface area contributed by atoms with Crippen molar-refractivity contribution in [2.45, 2.75) is 44.3 Å². The minimum absolute atomic E-state index is 0.120. The molecule has 1 aromatic heterocycles. The van der Waals surface area contributed by atoms with Crippen LogP contribution in [-0.2, 0) is 13.0 Å². The van der Waals surface area contributed by atoms with Crippen molar-refractivity contribution in [1.29, 1.82) is 5.26 Å². The van der Waals surface area contributed by atoms with Gasteiger partial charge < -0.3 is 29.9 Å². The van der Waals surface area contributed by atoms with Crippen LogP contribution in [0.25, 0.3) is 10.8 Å². The molecule has 3 aliphatic rings. The van der Waals surface area contributed by atoms with Gasteiger partial charge in [0.15, 0.2) is 0 Å². The van der Waals surface area contributed by atoms with Crippen molar-refractivity contribution < 1.29 is 9.84 Å². The van der Waals surface area contributed by atoms with Crippen LogP contribution in [0.3, 0.4) is 0 Å². The Kier molecular flexibility index (Phi) is 6.92. The molecule has 4 heterocycles. The average molecular weight is 514 g/mol. The highest BCUT2D eigenvalue weighted by Crippen LogP contribution is 2.36. The van der Waals surface area contributed by atoms with Gasteiger partial charge >= 0.3 is 6.01 Å². The lowest BCUT2D eigenvalue weighted by Gasteiger charge is -2.37. The summed E-state index contributed by atoms with van der Waals surface area (Å²) in [6.45, 7) is 5.48. The number of nitrogens with zero attached hydrogens (tertiary/aromatic N) is 6. The molecule has 6 rings (SSSR count). The molecular weight excluding hydrogens is 478 g/mol. The van der Waals surface area contributed by atoms with E-state index in [-0.39, 0.29) is 11.8 Å². The summed E-state index contributed by atoms with van der Waals surface area (Å²) in [6.07, 6.45) is 3.58. The van der Waals surface area contributed by atoms with Crippen LogP contribution < -0.4 is 19.9 Å². The van der Waals surface area contributed by atoms with Gasteiger partial charge in [0.1, 0.15) is 18.2 Å². The number of nitriles is 1. The van der Waals surface area contributed by atoms with Crippen molar-refractivity contribution in [3.63, 3.8) is 0 Å². The Morgan fingerprint density at radius 1 is 1.16 bits per heavy atom. The minimum Gasteiger partial charge on any atom is -0.508 e. The van der Waals surface area contributed by atoms with Crippen molar-refractivity contribution >= 4 is 22.3 Å². The van der Waals surface area contributed by atoms with E-state index < -0.39 is 0 Å². The second-order valence-electron chi connectivity index (χ2n) is 10.7. The molecule has 0 radical (unpaired) electrons. The molecule has 2 saturated heterocycles. The van der Waals surface area contributed by atoms with Gasteiger partial charge in [0.05, 0.1) is 24.7 Å². The summed E-state index contributed by atoms with van der Waals surface area (Å²) in [6, 6.07) is 15.1. The zero-order valence-corrected chi connectivity index (χ0v) is 21.9. The molecule has 0 unspecified atom stereocenters. The number of likely N-dealkylation sites (N-methyl/N-ethyl adjacent to an activating group) is 1. The highest BCUT2D eigenvalue weighted by molar-refractivity contribution is 5.95. The molecule has 0 aliphatic carbocycles. The van der Waals surface area contributed by atoms with E-state index in [2.05, 4.69) is 39.2 Å². The Hall–Kier alpha value is -3.61. The maximum absolute atomic E-state index is 10.4. The van der Waals surface area contributed by atoms with Crippen LogP contribution >= 0.6 is 0 Å². The number of aromatic hydroxyl groups is 1. The van der Waals surface area contributed by atoms with Gasteiger partial charge in [-0.15, -0.1) is 0 Å². The van der Waals surface area contributed by atoms with E-state index >= 15 is 0 Å². The third-order valence-corrected chi connectivity index (χ3v) is 8.16. The first-order valence-electron chi connectivity index (χ1n) is 13.6. The van der Waals surface area contributed by atoms with E-state index in [9.17, 15) is 10.4 Å². The lowest BCUT2D eigenvalue weighted by molar-refractivity contribution is 0.187. The Bertz CT molecular complexity index is 1360. The van der Waals surface area contributed by atoms with E-state index in [1.54, 1.807) is 0 Å².